The molecule has 0 spiro atoms. The Morgan fingerprint density at radius 3 is 2.95 bits per heavy atom. The molecule has 0 bridgehead atoms. The van der Waals surface area contributed by atoms with Crippen molar-refractivity contribution < 1.29 is 13.2 Å². The van der Waals surface area contributed by atoms with E-state index in [9.17, 15) is 13.2 Å². The van der Waals surface area contributed by atoms with Crippen LogP contribution >= 0.6 is 11.3 Å². The minimum Gasteiger partial charge on any atom is -0.341 e. The maximum Gasteiger partial charge on any atom is 0.250 e. The van der Waals surface area contributed by atoms with Gasteiger partial charge < -0.3 is 4.90 Å². The van der Waals surface area contributed by atoms with E-state index in [0.717, 1.165) is 16.9 Å². The fourth-order valence-electron chi connectivity index (χ4n) is 1.70. The van der Waals surface area contributed by atoms with Crippen LogP contribution in [0.1, 0.15) is 12.0 Å². The number of hydrogen-bond donors (Lipinski definition) is 2. The number of sulfonamides is 1. The van der Waals surface area contributed by atoms with Crippen LogP contribution < -0.4 is 4.72 Å². The summed E-state index contributed by atoms with van der Waals surface area (Å²) in [5, 5.41) is 8.17. The second kappa shape index (κ2) is 6.83. The molecule has 114 valence electrons. The Hall–Kier alpha value is -1.71. The third-order valence-electron chi connectivity index (χ3n) is 2.79. The van der Waals surface area contributed by atoms with Gasteiger partial charge in [0.15, 0.2) is 0 Å². The zero-order valence-electron chi connectivity index (χ0n) is 11.4. The average Bonchev–Trinajstić information content (AvgIpc) is 3.11. The summed E-state index contributed by atoms with van der Waals surface area (Å²) < 4.78 is 26.4. The molecule has 0 radical (unpaired) electrons. The molecule has 0 aliphatic carbocycles. The van der Waals surface area contributed by atoms with Gasteiger partial charge in [0.2, 0.25) is 15.9 Å². The summed E-state index contributed by atoms with van der Waals surface area (Å²) >= 11 is 1.14. The van der Waals surface area contributed by atoms with Crippen molar-refractivity contribution in [2.45, 2.75) is 17.2 Å². The number of aromatic amines is 1. The SMILES string of the molecule is CN(Cc1cn[nH]c1)C(=O)CCNS(=O)(=O)c1cccs1. The first kappa shape index (κ1) is 15.7. The van der Waals surface area contributed by atoms with Gasteiger partial charge in [-0.15, -0.1) is 11.3 Å². The number of H-pyrrole nitrogens is 1. The van der Waals surface area contributed by atoms with Crippen molar-refractivity contribution >= 4 is 27.3 Å². The van der Waals surface area contributed by atoms with Gasteiger partial charge >= 0.3 is 0 Å². The Bertz CT molecular complexity index is 665. The minimum absolute atomic E-state index is 0.0782. The molecular weight excluding hydrogens is 312 g/mol. The van der Waals surface area contributed by atoms with E-state index < -0.39 is 10.0 Å². The van der Waals surface area contributed by atoms with Crippen molar-refractivity contribution in [1.82, 2.24) is 19.8 Å². The molecule has 0 aliphatic heterocycles. The second-order valence-corrected chi connectivity index (χ2v) is 7.38. The van der Waals surface area contributed by atoms with Gasteiger partial charge in [0.25, 0.3) is 0 Å². The van der Waals surface area contributed by atoms with Gasteiger partial charge in [0.1, 0.15) is 4.21 Å². The first-order valence-electron chi connectivity index (χ1n) is 6.24. The van der Waals surface area contributed by atoms with Gasteiger partial charge in [-0.3, -0.25) is 9.89 Å². The molecule has 21 heavy (non-hydrogen) atoms. The summed E-state index contributed by atoms with van der Waals surface area (Å²) in [5.41, 5.74) is 0.894. The maximum absolute atomic E-state index is 11.9. The number of hydrogen-bond acceptors (Lipinski definition) is 5. The largest absolute Gasteiger partial charge is 0.341 e. The van der Waals surface area contributed by atoms with Gasteiger partial charge in [-0.2, -0.15) is 5.10 Å². The molecule has 0 saturated heterocycles. The van der Waals surface area contributed by atoms with Gasteiger partial charge in [0, 0.05) is 38.3 Å². The van der Waals surface area contributed by atoms with Crippen LogP contribution in [-0.4, -0.2) is 43.0 Å². The van der Waals surface area contributed by atoms with Crippen LogP contribution in [0.4, 0.5) is 0 Å². The number of nitrogens with zero attached hydrogens (tertiary/aromatic N) is 2. The molecular formula is C12H16N4O3S2. The van der Waals surface area contributed by atoms with Crippen LogP contribution in [0.3, 0.4) is 0 Å². The lowest BCUT2D eigenvalue weighted by Gasteiger charge is -2.16. The van der Waals surface area contributed by atoms with Crippen LogP contribution in [0.5, 0.6) is 0 Å². The molecule has 0 aromatic carbocycles. The van der Waals surface area contributed by atoms with E-state index in [-0.39, 0.29) is 23.1 Å². The third kappa shape index (κ3) is 4.38. The Labute approximate surface area is 127 Å². The van der Waals surface area contributed by atoms with E-state index in [1.165, 1.54) is 11.0 Å². The second-order valence-electron chi connectivity index (χ2n) is 4.44. The maximum atomic E-state index is 11.9. The van der Waals surface area contributed by atoms with Crippen LogP contribution in [0.15, 0.2) is 34.1 Å². The van der Waals surface area contributed by atoms with Crippen molar-refractivity contribution in [3.05, 3.63) is 35.5 Å². The van der Waals surface area contributed by atoms with Gasteiger partial charge in [-0.1, -0.05) is 6.07 Å². The Morgan fingerprint density at radius 1 is 1.52 bits per heavy atom. The first-order valence-corrected chi connectivity index (χ1v) is 8.60. The molecule has 2 rings (SSSR count). The molecule has 0 saturated carbocycles. The number of nitrogens with one attached hydrogen (secondary N) is 2. The van der Waals surface area contributed by atoms with Crippen molar-refractivity contribution in [1.29, 1.82) is 0 Å². The molecule has 0 aliphatic rings. The topological polar surface area (TPSA) is 95.2 Å². The molecule has 2 heterocycles. The molecule has 1 amide bonds. The molecule has 2 aromatic heterocycles. The number of carbonyl (C=O) groups excluding carboxylic acids is 1. The van der Waals surface area contributed by atoms with Gasteiger partial charge in [-0.25, -0.2) is 13.1 Å². The van der Waals surface area contributed by atoms with Crippen molar-refractivity contribution in [3.8, 4) is 0 Å². The van der Waals surface area contributed by atoms with Crippen molar-refractivity contribution in [2.75, 3.05) is 13.6 Å². The minimum atomic E-state index is -3.51. The van der Waals surface area contributed by atoms with Gasteiger partial charge in [-0.05, 0) is 11.4 Å². The zero-order valence-corrected chi connectivity index (χ0v) is 13.1. The van der Waals surface area contributed by atoms with E-state index in [1.807, 2.05) is 0 Å². The predicted molar refractivity (Wildman–Crippen MR) is 79.2 cm³/mol. The Kier molecular flexibility index (Phi) is 5.10. The molecule has 7 nitrogen and oxygen atoms in total. The fraction of sp³-hybridized carbons (Fsp3) is 0.333. The summed E-state index contributed by atoms with van der Waals surface area (Å²) in [6, 6.07) is 3.20. The summed E-state index contributed by atoms with van der Waals surface area (Å²) in [7, 11) is -1.84. The molecule has 2 N–H and O–H groups in total. The normalized spacial score (nSPS) is 11.5. The number of rotatable bonds is 7. The van der Waals surface area contributed by atoms with Crippen LogP contribution in [0.25, 0.3) is 0 Å². The summed E-state index contributed by atoms with van der Waals surface area (Å²) in [6.45, 7) is 0.516. The van der Waals surface area contributed by atoms with Crippen LogP contribution in [0, 0.1) is 0 Å². The lowest BCUT2D eigenvalue weighted by Crippen LogP contribution is -2.31. The number of amides is 1. The average molecular weight is 328 g/mol. The Morgan fingerprint density at radius 2 is 2.33 bits per heavy atom. The van der Waals surface area contributed by atoms with Crippen LogP contribution in [0.2, 0.25) is 0 Å². The molecule has 2 aromatic rings. The highest BCUT2D eigenvalue weighted by Gasteiger charge is 2.16. The fourth-order valence-corrected chi connectivity index (χ4v) is 3.77. The van der Waals surface area contributed by atoms with Gasteiger partial charge in [0.05, 0.1) is 6.20 Å². The number of aromatic nitrogens is 2. The van der Waals surface area contributed by atoms with Crippen LogP contribution in [-0.2, 0) is 21.4 Å². The van der Waals surface area contributed by atoms with Crippen molar-refractivity contribution in [2.24, 2.45) is 0 Å². The quantitative estimate of drug-likeness (QED) is 0.786. The highest BCUT2D eigenvalue weighted by atomic mass is 32.2. The van der Waals surface area contributed by atoms with E-state index in [4.69, 9.17) is 0 Å². The lowest BCUT2D eigenvalue weighted by molar-refractivity contribution is -0.130. The summed E-state index contributed by atoms with van der Waals surface area (Å²) in [4.78, 5) is 13.4. The number of carbonyl (C=O) groups is 1. The third-order valence-corrected chi connectivity index (χ3v) is 5.65. The monoisotopic (exact) mass is 328 g/mol. The number of thiophene rings is 1. The molecule has 0 atom stereocenters. The zero-order chi connectivity index (χ0) is 15.3. The van der Waals surface area contributed by atoms with Crippen molar-refractivity contribution in [3.63, 3.8) is 0 Å². The Balaban J connectivity index is 1.79. The molecule has 0 fully saturated rings. The highest BCUT2D eigenvalue weighted by molar-refractivity contribution is 7.91. The summed E-state index contributed by atoms with van der Waals surface area (Å²) in [6.07, 6.45) is 3.46. The standard InChI is InChI=1S/C12H16N4O3S2/c1-16(9-10-7-13-14-8-10)11(17)4-5-15-21(18,19)12-3-2-6-20-12/h2-3,6-8,15H,4-5,9H2,1H3,(H,13,14). The highest BCUT2D eigenvalue weighted by Crippen LogP contribution is 2.15. The van der Waals surface area contributed by atoms with E-state index >= 15 is 0 Å². The molecule has 0 unspecified atom stereocenters. The summed E-state index contributed by atoms with van der Waals surface area (Å²) in [5.74, 6) is -0.134. The van der Waals surface area contributed by atoms with E-state index in [1.54, 1.807) is 30.9 Å². The van der Waals surface area contributed by atoms with E-state index in [0.29, 0.717) is 6.54 Å². The molecule has 9 heteroatoms. The predicted octanol–water partition coefficient (Wildman–Crippen LogP) is 0.798. The van der Waals surface area contributed by atoms with E-state index in [2.05, 4.69) is 14.9 Å². The smallest absolute Gasteiger partial charge is 0.250 e. The first-order chi connectivity index (χ1) is 9.99. The lowest BCUT2D eigenvalue weighted by atomic mass is 10.3.